The van der Waals surface area contributed by atoms with Gasteiger partial charge in [0.2, 0.25) is 5.91 Å². The summed E-state index contributed by atoms with van der Waals surface area (Å²) in [5.41, 5.74) is 5.19. The zero-order chi connectivity index (χ0) is 29.9. The van der Waals surface area contributed by atoms with Crippen LogP contribution in [0, 0.1) is 6.92 Å². The van der Waals surface area contributed by atoms with Crippen molar-refractivity contribution in [1.82, 2.24) is 10.6 Å². The van der Waals surface area contributed by atoms with E-state index in [0.717, 1.165) is 33.7 Å². The van der Waals surface area contributed by atoms with Crippen molar-refractivity contribution in [2.45, 2.75) is 12.8 Å². The molecule has 0 fully saturated rings. The lowest BCUT2D eigenvalue weighted by molar-refractivity contribution is -0.122. The molecule has 0 aromatic heterocycles. The van der Waals surface area contributed by atoms with Crippen molar-refractivity contribution in [2.75, 3.05) is 46.3 Å². The topological polar surface area (TPSA) is 97.9 Å². The van der Waals surface area contributed by atoms with Crippen LogP contribution in [0.25, 0.3) is 11.1 Å². The number of rotatable bonds is 13. The molecular formula is C34H37N3O5. The Morgan fingerprint density at radius 2 is 1.43 bits per heavy atom. The van der Waals surface area contributed by atoms with Crippen LogP contribution in [0.5, 0.6) is 17.2 Å². The van der Waals surface area contributed by atoms with Gasteiger partial charge in [0.15, 0.2) is 11.5 Å². The van der Waals surface area contributed by atoms with E-state index in [0.29, 0.717) is 30.2 Å². The molecule has 218 valence electrons. The Labute approximate surface area is 247 Å². The smallest absolute Gasteiger partial charge is 0.251 e. The molecule has 4 aromatic carbocycles. The normalized spacial score (nSPS) is 11.2. The van der Waals surface area contributed by atoms with Crippen molar-refractivity contribution in [3.8, 4) is 28.4 Å². The van der Waals surface area contributed by atoms with Crippen LogP contribution >= 0.6 is 0 Å². The van der Waals surface area contributed by atoms with Gasteiger partial charge >= 0.3 is 0 Å². The van der Waals surface area contributed by atoms with E-state index in [9.17, 15) is 9.59 Å². The largest absolute Gasteiger partial charge is 0.497 e. The Morgan fingerprint density at radius 3 is 2.10 bits per heavy atom. The molecule has 0 radical (unpaired) electrons. The lowest BCUT2D eigenvalue weighted by Gasteiger charge is -2.19. The van der Waals surface area contributed by atoms with E-state index in [4.69, 9.17) is 14.2 Å². The summed E-state index contributed by atoms with van der Waals surface area (Å²) >= 11 is 0. The predicted molar refractivity (Wildman–Crippen MR) is 166 cm³/mol. The predicted octanol–water partition coefficient (Wildman–Crippen LogP) is 5.43. The molecule has 0 spiro atoms. The molecule has 8 nitrogen and oxygen atoms in total. The number of benzene rings is 4. The highest BCUT2D eigenvalue weighted by Crippen LogP contribution is 2.33. The van der Waals surface area contributed by atoms with Gasteiger partial charge < -0.3 is 30.2 Å². The lowest BCUT2D eigenvalue weighted by Crippen LogP contribution is -2.39. The fourth-order valence-electron chi connectivity index (χ4n) is 4.59. The molecule has 4 rings (SSSR count). The Balaban J connectivity index is 1.46. The number of amides is 2. The van der Waals surface area contributed by atoms with Crippen LogP contribution in [0.1, 0.15) is 27.4 Å². The zero-order valence-corrected chi connectivity index (χ0v) is 24.4. The molecule has 42 heavy (non-hydrogen) atoms. The first-order chi connectivity index (χ1) is 20.4. The highest BCUT2D eigenvalue weighted by Gasteiger charge is 2.22. The minimum absolute atomic E-state index is 0.153. The lowest BCUT2D eigenvalue weighted by atomic mass is 9.95. The van der Waals surface area contributed by atoms with E-state index in [2.05, 4.69) is 16.0 Å². The minimum Gasteiger partial charge on any atom is -0.497 e. The number of hydrogen-bond acceptors (Lipinski definition) is 6. The van der Waals surface area contributed by atoms with Gasteiger partial charge in [-0.25, -0.2) is 0 Å². The van der Waals surface area contributed by atoms with Gasteiger partial charge in [0.25, 0.3) is 5.91 Å². The number of aryl methyl sites for hydroxylation is 1. The summed E-state index contributed by atoms with van der Waals surface area (Å²) in [6, 6.07) is 28.5. The number of hydrogen-bond donors (Lipinski definition) is 3. The summed E-state index contributed by atoms with van der Waals surface area (Å²) in [6.45, 7) is 3.04. The van der Waals surface area contributed by atoms with Gasteiger partial charge in [-0.2, -0.15) is 0 Å². The molecule has 3 N–H and O–H groups in total. The second-order valence-corrected chi connectivity index (χ2v) is 9.77. The van der Waals surface area contributed by atoms with Crippen molar-refractivity contribution < 1.29 is 23.8 Å². The second-order valence-electron chi connectivity index (χ2n) is 9.77. The fourth-order valence-corrected chi connectivity index (χ4v) is 4.59. The van der Waals surface area contributed by atoms with Crippen LogP contribution in [-0.2, 0) is 4.79 Å². The van der Waals surface area contributed by atoms with Gasteiger partial charge in [-0.3, -0.25) is 9.59 Å². The van der Waals surface area contributed by atoms with E-state index >= 15 is 0 Å². The van der Waals surface area contributed by atoms with Crippen molar-refractivity contribution in [3.05, 3.63) is 108 Å². The SMILES string of the molecule is COc1ccc(NCCNC(=O)C(CNC(=O)c2cccc(C)c2)c2ccc(-c3ccc(OC)c(OC)c3)cc2)cc1. The molecule has 2 amide bonds. The van der Waals surface area contributed by atoms with Gasteiger partial charge in [-0.05, 0) is 72.1 Å². The number of carbonyl (C=O) groups is 2. The third-order valence-corrected chi connectivity index (χ3v) is 6.94. The maximum absolute atomic E-state index is 13.4. The summed E-state index contributed by atoms with van der Waals surface area (Å²) < 4.78 is 16.0. The summed E-state index contributed by atoms with van der Waals surface area (Å²) in [7, 11) is 4.83. The Hall–Kier alpha value is -4.98. The van der Waals surface area contributed by atoms with Crippen LogP contribution < -0.4 is 30.2 Å². The van der Waals surface area contributed by atoms with Crippen molar-refractivity contribution in [2.24, 2.45) is 0 Å². The maximum Gasteiger partial charge on any atom is 0.251 e. The third-order valence-electron chi connectivity index (χ3n) is 6.94. The first-order valence-electron chi connectivity index (χ1n) is 13.7. The standard InChI is InChI=1S/C34H37N3O5/c1-23-6-5-7-27(20-23)33(38)37-22-30(34(39)36-19-18-35-28-13-15-29(40-2)16-14-28)25-10-8-24(9-11-25)26-12-17-31(41-3)32(21-26)42-4/h5-17,20-21,30,35H,18-19,22H2,1-4H3,(H,36,39)(H,37,38). The zero-order valence-electron chi connectivity index (χ0n) is 24.4. The quantitative estimate of drug-likeness (QED) is 0.187. The fraction of sp³-hybridized carbons (Fsp3) is 0.235. The molecule has 0 bridgehead atoms. The molecule has 4 aromatic rings. The molecule has 0 aliphatic rings. The molecule has 8 heteroatoms. The van der Waals surface area contributed by atoms with Gasteiger partial charge in [0.1, 0.15) is 5.75 Å². The van der Waals surface area contributed by atoms with Gasteiger partial charge in [0, 0.05) is 30.9 Å². The molecule has 1 unspecified atom stereocenters. The van der Waals surface area contributed by atoms with Crippen LogP contribution in [-0.4, -0.2) is 52.8 Å². The highest BCUT2D eigenvalue weighted by atomic mass is 16.5. The Kier molecular flexibility index (Phi) is 10.4. The average Bonchev–Trinajstić information content (AvgIpc) is 3.03. The maximum atomic E-state index is 13.4. The highest BCUT2D eigenvalue weighted by molar-refractivity contribution is 5.95. The Morgan fingerprint density at radius 1 is 0.714 bits per heavy atom. The summed E-state index contributed by atoms with van der Waals surface area (Å²) in [6.07, 6.45) is 0. The van der Waals surface area contributed by atoms with E-state index in [-0.39, 0.29) is 18.4 Å². The van der Waals surface area contributed by atoms with E-state index in [1.54, 1.807) is 27.4 Å². The molecule has 1 atom stereocenters. The van der Waals surface area contributed by atoms with Crippen LogP contribution in [0.15, 0.2) is 91.0 Å². The summed E-state index contributed by atoms with van der Waals surface area (Å²) in [5.74, 6) is 1.09. The van der Waals surface area contributed by atoms with Crippen LogP contribution in [0.3, 0.4) is 0 Å². The number of methoxy groups -OCH3 is 3. The van der Waals surface area contributed by atoms with Gasteiger partial charge in [0.05, 0.1) is 27.2 Å². The van der Waals surface area contributed by atoms with Crippen molar-refractivity contribution >= 4 is 17.5 Å². The average molecular weight is 568 g/mol. The van der Waals surface area contributed by atoms with Crippen LogP contribution in [0.2, 0.25) is 0 Å². The summed E-state index contributed by atoms with van der Waals surface area (Å²) in [4.78, 5) is 26.3. The number of ether oxygens (including phenoxy) is 3. The number of carbonyl (C=O) groups excluding carboxylic acids is 2. The van der Waals surface area contributed by atoms with Crippen LogP contribution in [0.4, 0.5) is 5.69 Å². The monoisotopic (exact) mass is 567 g/mol. The first-order valence-corrected chi connectivity index (χ1v) is 13.7. The van der Waals surface area contributed by atoms with Gasteiger partial charge in [-0.1, -0.05) is 48.0 Å². The summed E-state index contributed by atoms with van der Waals surface area (Å²) in [5, 5.41) is 9.25. The Bertz CT molecular complexity index is 1490. The number of anilines is 1. The number of nitrogens with one attached hydrogen (secondary N) is 3. The van der Waals surface area contributed by atoms with Gasteiger partial charge in [-0.15, -0.1) is 0 Å². The molecule has 0 saturated carbocycles. The minimum atomic E-state index is -0.584. The van der Waals surface area contributed by atoms with E-state index < -0.39 is 5.92 Å². The second kappa shape index (κ2) is 14.6. The molecule has 0 saturated heterocycles. The molecule has 0 aliphatic carbocycles. The third kappa shape index (κ3) is 7.81. The molecule has 0 aliphatic heterocycles. The van der Waals surface area contributed by atoms with E-state index in [1.807, 2.05) is 91.9 Å². The van der Waals surface area contributed by atoms with E-state index in [1.165, 1.54) is 0 Å². The molecule has 0 heterocycles. The van der Waals surface area contributed by atoms with Crippen molar-refractivity contribution in [1.29, 1.82) is 0 Å². The molecular weight excluding hydrogens is 530 g/mol. The van der Waals surface area contributed by atoms with Crippen molar-refractivity contribution in [3.63, 3.8) is 0 Å². The first kappa shape index (κ1) is 30.0.